The molecule has 136 valence electrons. The molecule has 0 spiro atoms. The van der Waals surface area contributed by atoms with Crippen molar-refractivity contribution in [1.82, 2.24) is 9.97 Å². The van der Waals surface area contributed by atoms with Crippen LogP contribution < -0.4 is 0 Å². The Morgan fingerprint density at radius 3 is 2.77 bits per heavy atom. The fraction of sp³-hybridized carbons (Fsp3) is 0.353. The number of nitrogens with zero attached hydrogens (tertiary/aromatic N) is 3. The minimum Gasteiger partial charge on any atom is -0.411 e. The average molecular weight is 379 g/mol. The number of halogens is 2. The highest BCUT2D eigenvalue weighted by Crippen LogP contribution is 2.37. The lowest BCUT2D eigenvalue weighted by Crippen LogP contribution is -2.37. The molecule has 4 rings (SSSR count). The van der Waals surface area contributed by atoms with E-state index in [1.807, 2.05) is 30.3 Å². The van der Waals surface area contributed by atoms with Crippen molar-refractivity contribution in [3.8, 4) is 11.3 Å². The molecule has 6 nitrogen and oxygen atoms in total. The van der Waals surface area contributed by atoms with Gasteiger partial charge in [-0.2, -0.15) is 0 Å². The van der Waals surface area contributed by atoms with Crippen molar-refractivity contribution >= 4 is 17.5 Å². The van der Waals surface area contributed by atoms with E-state index in [2.05, 4.69) is 15.1 Å². The minimum atomic E-state index is -2.70. The van der Waals surface area contributed by atoms with Crippen LogP contribution in [0.5, 0.6) is 0 Å². The van der Waals surface area contributed by atoms with Crippen LogP contribution in [-0.4, -0.2) is 45.1 Å². The Morgan fingerprint density at radius 2 is 2.04 bits per heavy atom. The number of thioether (sulfide) groups is 1. The lowest BCUT2D eigenvalue weighted by Gasteiger charge is -2.26. The molecule has 2 aliphatic rings. The topological polar surface area (TPSA) is 76.8 Å². The van der Waals surface area contributed by atoms with Crippen molar-refractivity contribution in [3.05, 3.63) is 42.1 Å². The first-order valence-corrected chi connectivity index (χ1v) is 8.89. The monoisotopic (exact) mass is 379 g/mol. The van der Waals surface area contributed by atoms with Gasteiger partial charge < -0.3 is 14.7 Å². The predicted octanol–water partition coefficient (Wildman–Crippen LogP) is 3.52. The lowest BCUT2D eigenvalue weighted by molar-refractivity contribution is -0.0169. The number of hydrogen-bond donors (Lipinski definition) is 1. The Morgan fingerprint density at radius 1 is 1.23 bits per heavy atom. The molecule has 1 aromatic heterocycles. The van der Waals surface area contributed by atoms with Crippen LogP contribution in [0.1, 0.15) is 18.5 Å². The predicted molar refractivity (Wildman–Crippen MR) is 90.5 cm³/mol. The summed E-state index contributed by atoms with van der Waals surface area (Å²) in [6.45, 7) is 0.349. The number of fused-ring (bicyclic) bond motifs is 2. The molecule has 0 radical (unpaired) electrons. The molecule has 0 saturated carbocycles. The first-order valence-electron chi connectivity index (χ1n) is 8.01. The Bertz CT molecular complexity index is 822. The van der Waals surface area contributed by atoms with Crippen molar-refractivity contribution in [3.63, 3.8) is 0 Å². The highest BCUT2D eigenvalue weighted by Gasteiger charge is 2.43. The molecule has 3 atom stereocenters. The van der Waals surface area contributed by atoms with E-state index in [1.165, 1.54) is 17.8 Å². The van der Waals surface area contributed by atoms with E-state index in [0.717, 1.165) is 5.56 Å². The molecule has 26 heavy (non-hydrogen) atoms. The molecule has 0 unspecified atom stereocenters. The second-order valence-electron chi connectivity index (χ2n) is 5.92. The van der Waals surface area contributed by atoms with Crippen LogP contribution in [-0.2, 0) is 9.47 Å². The number of oxime groups is 1. The van der Waals surface area contributed by atoms with Gasteiger partial charge >= 0.3 is 0 Å². The average Bonchev–Trinajstić information content (AvgIpc) is 3.09. The van der Waals surface area contributed by atoms with E-state index in [9.17, 15) is 8.78 Å². The summed E-state index contributed by atoms with van der Waals surface area (Å²) in [5, 5.41) is 12.4. The smallest absolute Gasteiger partial charge is 0.280 e. The number of hydrogen-bond acceptors (Lipinski definition) is 7. The van der Waals surface area contributed by atoms with Crippen LogP contribution in [0.4, 0.5) is 8.78 Å². The fourth-order valence-electron chi connectivity index (χ4n) is 2.93. The van der Waals surface area contributed by atoms with Gasteiger partial charge in [0.15, 0.2) is 5.16 Å². The molecular weight excluding hydrogens is 364 g/mol. The van der Waals surface area contributed by atoms with Gasteiger partial charge in [0.05, 0.1) is 18.4 Å². The van der Waals surface area contributed by atoms with Crippen LogP contribution in [0, 0.1) is 0 Å². The van der Waals surface area contributed by atoms with Crippen molar-refractivity contribution in [2.45, 2.75) is 35.6 Å². The number of rotatable bonds is 4. The van der Waals surface area contributed by atoms with Crippen LogP contribution in [0.25, 0.3) is 11.3 Å². The molecule has 2 fully saturated rings. The van der Waals surface area contributed by atoms with Gasteiger partial charge in [-0.25, -0.2) is 18.7 Å². The van der Waals surface area contributed by atoms with E-state index in [-0.39, 0.29) is 22.2 Å². The van der Waals surface area contributed by atoms with E-state index >= 15 is 0 Å². The highest BCUT2D eigenvalue weighted by atomic mass is 32.2. The molecule has 2 aromatic rings. The molecule has 3 heterocycles. The largest absolute Gasteiger partial charge is 0.411 e. The molecule has 1 N–H and O–H groups in total. The van der Waals surface area contributed by atoms with Gasteiger partial charge in [-0.05, 0) is 6.07 Å². The molecule has 2 saturated heterocycles. The number of benzene rings is 1. The maximum Gasteiger partial charge on any atom is 0.280 e. The zero-order valence-corrected chi connectivity index (χ0v) is 14.3. The third kappa shape index (κ3) is 3.42. The third-order valence-electron chi connectivity index (χ3n) is 4.21. The van der Waals surface area contributed by atoms with Crippen molar-refractivity contribution in [2.75, 3.05) is 6.61 Å². The molecule has 0 amide bonds. The van der Waals surface area contributed by atoms with Gasteiger partial charge in [0.2, 0.25) is 6.29 Å². The normalized spacial score (nSPS) is 26.6. The van der Waals surface area contributed by atoms with E-state index in [0.29, 0.717) is 24.4 Å². The quantitative estimate of drug-likeness (QED) is 0.498. The summed E-state index contributed by atoms with van der Waals surface area (Å²) in [7, 11) is 0. The molecule has 9 heteroatoms. The molecule has 2 aliphatic heterocycles. The van der Waals surface area contributed by atoms with Gasteiger partial charge in [0, 0.05) is 17.2 Å². The summed E-state index contributed by atoms with van der Waals surface area (Å²) in [6.07, 6.45) is -3.14. The van der Waals surface area contributed by atoms with Gasteiger partial charge in [-0.1, -0.05) is 47.2 Å². The Hall–Kier alpha value is -2.10. The lowest BCUT2D eigenvalue weighted by atomic mass is 10.1. The van der Waals surface area contributed by atoms with Crippen LogP contribution >= 0.6 is 11.8 Å². The van der Waals surface area contributed by atoms with Crippen LogP contribution in [0.15, 0.2) is 46.7 Å². The number of ether oxygens (including phenoxy) is 2. The first-order chi connectivity index (χ1) is 12.6. The zero-order chi connectivity index (χ0) is 18.1. The summed E-state index contributed by atoms with van der Waals surface area (Å²) < 4.78 is 37.6. The summed E-state index contributed by atoms with van der Waals surface area (Å²) in [4.78, 5) is 8.42. The van der Waals surface area contributed by atoms with Crippen molar-refractivity contribution in [2.24, 2.45) is 5.16 Å². The summed E-state index contributed by atoms with van der Waals surface area (Å²) in [5.74, 6) is 0. The van der Waals surface area contributed by atoms with Gasteiger partial charge in [0.25, 0.3) is 6.43 Å². The molecular formula is C17H15F2N3O3S. The van der Waals surface area contributed by atoms with Crippen molar-refractivity contribution < 1.29 is 23.5 Å². The Balaban J connectivity index is 1.64. The molecule has 2 bridgehead atoms. The standard InChI is InChI=1S/C17H15F2N3O3S/c18-15(19)11-6-10(9-4-2-1-3-5-9)20-17(21-11)26-14-7-12(22-23)16-24-8-13(14)25-16/h1-6,13-16,23H,7-8H2/b22-12+/t13-,14+,16+/m1/s1. The van der Waals surface area contributed by atoms with Crippen molar-refractivity contribution in [1.29, 1.82) is 0 Å². The number of aromatic nitrogens is 2. The van der Waals surface area contributed by atoms with Gasteiger partial charge in [-0.3, -0.25) is 0 Å². The summed E-state index contributed by atoms with van der Waals surface area (Å²) >= 11 is 1.23. The second-order valence-corrected chi connectivity index (χ2v) is 7.13. The minimum absolute atomic E-state index is 0.184. The van der Waals surface area contributed by atoms with Gasteiger partial charge in [0.1, 0.15) is 11.4 Å². The third-order valence-corrected chi connectivity index (χ3v) is 5.38. The maximum absolute atomic E-state index is 13.3. The van der Waals surface area contributed by atoms with E-state index in [4.69, 9.17) is 14.7 Å². The van der Waals surface area contributed by atoms with Gasteiger partial charge in [-0.15, -0.1) is 0 Å². The summed E-state index contributed by atoms with van der Waals surface area (Å²) in [6, 6.07) is 10.4. The number of alkyl halides is 2. The van der Waals surface area contributed by atoms with E-state index in [1.54, 1.807) is 0 Å². The Labute approximate surface area is 152 Å². The second kappa shape index (κ2) is 7.26. The zero-order valence-electron chi connectivity index (χ0n) is 13.5. The Kier molecular flexibility index (Phi) is 4.84. The highest BCUT2D eigenvalue weighted by molar-refractivity contribution is 7.99. The van der Waals surface area contributed by atoms with Crippen LogP contribution in [0.3, 0.4) is 0 Å². The summed E-state index contributed by atoms with van der Waals surface area (Å²) in [5.41, 5.74) is 1.23. The molecule has 1 aromatic carbocycles. The SMILES string of the molecule is O/N=C1\C[C@H](Sc2nc(-c3ccccc3)cc(C(F)F)n2)[C@H]2CO[C@H]1O2. The first kappa shape index (κ1) is 17.3. The fourth-order valence-corrected chi connectivity index (χ4v) is 4.06. The molecule has 0 aliphatic carbocycles. The maximum atomic E-state index is 13.3. The van der Waals surface area contributed by atoms with Crippen LogP contribution in [0.2, 0.25) is 0 Å². The van der Waals surface area contributed by atoms with E-state index < -0.39 is 12.7 Å².